The largest absolute Gasteiger partial charge is 0.490 e. The normalized spacial score (nSPS) is 21.0. The third kappa shape index (κ3) is 11.1. The molecule has 246 valence electrons. The summed E-state index contributed by atoms with van der Waals surface area (Å²) in [4.78, 5) is 38.2. The summed E-state index contributed by atoms with van der Waals surface area (Å²) in [7, 11) is 6.11. The van der Waals surface area contributed by atoms with Crippen LogP contribution in [0.1, 0.15) is 30.4 Å². The Bertz CT molecular complexity index is 1220. The van der Waals surface area contributed by atoms with Crippen molar-refractivity contribution in [2.45, 2.75) is 44.7 Å². The van der Waals surface area contributed by atoms with Crippen LogP contribution in [0.2, 0.25) is 0 Å². The lowest BCUT2D eigenvalue weighted by molar-refractivity contribution is -0.193. The fraction of sp³-hybridized carbons (Fsp3) is 0.571. The number of hydrogen-bond acceptors (Lipinski definition) is 6. The van der Waals surface area contributed by atoms with Gasteiger partial charge in [-0.05, 0) is 50.4 Å². The summed E-state index contributed by atoms with van der Waals surface area (Å²) in [5.41, 5.74) is 2.56. The van der Waals surface area contributed by atoms with Crippen LogP contribution >= 0.6 is 0 Å². The smallest absolute Gasteiger partial charge is 0.475 e. The molecule has 2 atom stereocenters. The molecule has 0 aliphatic carbocycles. The number of benzene rings is 1. The molecule has 16 heteroatoms. The number of carboxylic acids is 2. The van der Waals surface area contributed by atoms with Gasteiger partial charge in [0.15, 0.2) is 0 Å². The molecular weight excluding hydrogens is 600 g/mol. The number of aryl methyl sites for hydroxylation is 1. The van der Waals surface area contributed by atoms with E-state index in [1.165, 1.54) is 11.1 Å². The maximum Gasteiger partial charge on any atom is 0.490 e. The van der Waals surface area contributed by atoms with Gasteiger partial charge in [-0.1, -0.05) is 30.3 Å². The second-order valence-corrected chi connectivity index (χ2v) is 11.0. The number of aliphatic carboxylic acids is 2. The van der Waals surface area contributed by atoms with Gasteiger partial charge in [-0.2, -0.15) is 31.4 Å². The highest BCUT2D eigenvalue weighted by Gasteiger charge is 2.50. The lowest BCUT2D eigenvalue weighted by Crippen LogP contribution is -2.42. The summed E-state index contributed by atoms with van der Waals surface area (Å²) in [5.74, 6) is -5.11. The lowest BCUT2D eigenvalue weighted by Gasteiger charge is -2.35. The van der Waals surface area contributed by atoms with Crippen LogP contribution in [-0.4, -0.2) is 105 Å². The number of alkyl halides is 6. The molecule has 1 aromatic carbocycles. The Morgan fingerprint density at radius 1 is 0.955 bits per heavy atom. The van der Waals surface area contributed by atoms with Gasteiger partial charge in [-0.15, -0.1) is 0 Å². The van der Waals surface area contributed by atoms with Crippen molar-refractivity contribution in [1.82, 2.24) is 24.5 Å². The first-order valence-electron chi connectivity index (χ1n) is 13.6. The maximum atomic E-state index is 13.5. The molecule has 4 rings (SSSR count). The van der Waals surface area contributed by atoms with Gasteiger partial charge in [-0.25, -0.2) is 9.59 Å². The summed E-state index contributed by atoms with van der Waals surface area (Å²) < 4.78 is 65.3. The Kier molecular flexibility index (Phi) is 12.8. The average Bonchev–Trinajstić information content (AvgIpc) is 3.41. The molecule has 1 amide bonds. The molecule has 2 aromatic rings. The van der Waals surface area contributed by atoms with Crippen LogP contribution in [0.25, 0.3) is 0 Å². The van der Waals surface area contributed by atoms with Gasteiger partial charge in [0.25, 0.3) is 0 Å². The predicted molar refractivity (Wildman–Crippen MR) is 146 cm³/mol. The average molecular weight is 638 g/mol. The minimum absolute atomic E-state index is 0.0922. The SMILES string of the molecule is CN1CC(C(=O)N(C)Cc2ccccc2)C2(CCCN(Cc3cnn(C)c3)CC2)C1.O=C(O)C(F)(F)F.O=C(O)C(F)(F)F. The molecule has 0 bridgehead atoms. The molecular formula is C28H37F6N5O5. The molecule has 2 N–H and O–H groups in total. The highest BCUT2D eigenvalue weighted by Crippen LogP contribution is 2.45. The topological polar surface area (TPSA) is 119 Å². The molecule has 2 aliphatic heterocycles. The Labute approximate surface area is 250 Å². The van der Waals surface area contributed by atoms with Crippen molar-refractivity contribution in [3.8, 4) is 0 Å². The molecule has 2 saturated heterocycles. The van der Waals surface area contributed by atoms with E-state index in [4.69, 9.17) is 19.8 Å². The van der Waals surface area contributed by atoms with Gasteiger partial charge in [0.2, 0.25) is 5.91 Å². The summed E-state index contributed by atoms with van der Waals surface area (Å²) in [6.07, 6.45) is -2.71. The van der Waals surface area contributed by atoms with Gasteiger partial charge in [0.1, 0.15) is 0 Å². The van der Waals surface area contributed by atoms with E-state index in [0.717, 1.165) is 52.0 Å². The Balaban J connectivity index is 0.000000402. The first-order valence-corrected chi connectivity index (χ1v) is 13.6. The lowest BCUT2D eigenvalue weighted by atomic mass is 9.72. The van der Waals surface area contributed by atoms with E-state index in [2.05, 4.69) is 40.3 Å². The second-order valence-electron chi connectivity index (χ2n) is 11.0. The molecule has 1 spiro atoms. The van der Waals surface area contributed by atoms with E-state index in [0.29, 0.717) is 12.5 Å². The van der Waals surface area contributed by atoms with Crippen LogP contribution in [0.5, 0.6) is 0 Å². The van der Waals surface area contributed by atoms with Crippen molar-refractivity contribution >= 4 is 17.8 Å². The zero-order valence-corrected chi connectivity index (χ0v) is 24.6. The Morgan fingerprint density at radius 2 is 1.52 bits per heavy atom. The standard InChI is InChI=1S/C24H35N5O.2C2HF3O2/c1-26-18-22(23(30)27(2)15-20-8-5-4-6-9-20)24(19-26)10-7-12-29(13-11-24)17-21-14-25-28(3)16-21;2*3-2(4,5)1(6)7/h4-6,8-9,14,16,22H,7,10-13,15,17-19H2,1-3H3;2*(H,6,7). The van der Waals surface area contributed by atoms with E-state index in [9.17, 15) is 31.1 Å². The monoisotopic (exact) mass is 637 g/mol. The van der Waals surface area contributed by atoms with Crippen LogP contribution in [0.3, 0.4) is 0 Å². The number of halogens is 6. The van der Waals surface area contributed by atoms with Crippen LogP contribution in [0.15, 0.2) is 42.7 Å². The minimum Gasteiger partial charge on any atom is -0.475 e. The quantitative estimate of drug-likeness (QED) is 0.475. The fourth-order valence-electron chi connectivity index (χ4n) is 5.51. The molecule has 1 aromatic heterocycles. The van der Waals surface area contributed by atoms with Crippen LogP contribution in [0, 0.1) is 11.3 Å². The number of carboxylic acid groups (broad SMARTS) is 2. The molecule has 10 nitrogen and oxygen atoms in total. The first-order chi connectivity index (χ1) is 20.3. The van der Waals surface area contributed by atoms with Gasteiger partial charge < -0.3 is 20.0 Å². The third-order valence-electron chi connectivity index (χ3n) is 7.48. The van der Waals surface area contributed by atoms with E-state index in [1.807, 2.05) is 48.1 Å². The second kappa shape index (κ2) is 15.4. The van der Waals surface area contributed by atoms with E-state index >= 15 is 0 Å². The zero-order chi connectivity index (χ0) is 33.3. The van der Waals surface area contributed by atoms with E-state index < -0.39 is 24.3 Å². The van der Waals surface area contributed by atoms with Gasteiger partial charge in [-0.3, -0.25) is 14.4 Å². The Hall–Kier alpha value is -3.66. The molecule has 0 radical (unpaired) electrons. The number of aromatic nitrogens is 2. The van der Waals surface area contributed by atoms with Crippen molar-refractivity contribution < 1.29 is 50.9 Å². The number of amides is 1. The van der Waals surface area contributed by atoms with E-state index in [-0.39, 0.29) is 11.3 Å². The molecule has 2 aliphatic rings. The maximum absolute atomic E-state index is 13.5. The van der Waals surface area contributed by atoms with Crippen molar-refractivity contribution in [3.63, 3.8) is 0 Å². The number of nitrogens with zero attached hydrogens (tertiary/aromatic N) is 5. The van der Waals surface area contributed by atoms with Crippen molar-refractivity contribution in [1.29, 1.82) is 0 Å². The fourth-order valence-corrected chi connectivity index (χ4v) is 5.51. The third-order valence-corrected chi connectivity index (χ3v) is 7.48. The van der Waals surface area contributed by atoms with Gasteiger partial charge in [0, 0.05) is 52.0 Å². The van der Waals surface area contributed by atoms with E-state index in [1.54, 1.807) is 0 Å². The predicted octanol–water partition coefficient (Wildman–Crippen LogP) is 3.88. The molecule has 0 saturated carbocycles. The molecule has 2 fully saturated rings. The summed E-state index contributed by atoms with van der Waals surface area (Å²) in [5, 5.41) is 18.6. The number of likely N-dealkylation sites (tertiary alicyclic amines) is 2. The van der Waals surface area contributed by atoms with Crippen molar-refractivity contribution in [2.24, 2.45) is 18.4 Å². The van der Waals surface area contributed by atoms with Crippen LogP contribution < -0.4 is 0 Å². The number of hydrogen-bond donors (Lipinski definition) is 2. The summed E-state index contributed by atoms with van der Waals surface area (Å²) in [6.45, 7) is 5.69. The van der Waals surface area contributed by atoms with Crippen molar-refractivity contribution in [2.75, 3.05) is 40.3 Å². The zero-order valence-electron chi connectivity index (χ0n) is 24.6. The first kappa shape index (κ1) is 36.5. The minimum atomic E-state index is -5.08. The highest BCUT2D eigenvalue weighted by molar-refractivity contribution is 5.80. The molecule has 44 heavy (non-hydrogen) atoms. The number of carbonyl (C=O) groups is 3. The summed E-state index contributed by atoms with van der Waals surface area (Å²) >= 11 is 0. The number of carbonyl (C=O) groups excluding carboxylic acids is 1. The van der Waals surface area contributed by atoms with Gasteiger partial charge >= 0.3 is 24.3 Å². The summed E-state index contributed by atoms with van der Waals surface area (Å²) in [6, 6.07) is 10.3. The van der Waals surface area contributed by atoms with Crippen LogP contribution in [-0.2, 0) is 34.5 Å². The Morgan fingerprint density at radius 3 is 2.02 bits per heavy atom. The number of rotatable bonds is 5. The highest BCUT2D eigenvalue weighted by atomic mass is 19.4. The van der Waals surface area contributed by atoms with Gasteiger partial charge in [0.05, 0.1) is 12.1 Å². The van der Waals surface area contributed by atoms with Crippen LogP contribution in [0.4, 0.5) is 26.3 Å². The van der Waals surface area contributed by atoms with Crippen molar-refractivity contribution in [3.05, 3.63) is 53.9 Å². The molecule has 3 heterocycles. The molecule has 2 unspecified atom stereocenters.